The molecule has 0 N–H and O–H groups in total. The van der Waals surface area contributed by atoms with Crippen LogP contribution in [-0.2, 0) is 47.7 Å². The van der Waals surface area contributed by atoms with Crippen molar-refractivity contribution >= 4 is 23.6 Å². The average molecular weight is 560 g/mol. The summed E-state index contributed by atoms with van der Waals surface area (Å²) in [6, 6.07) is 0. The summed E-state index contributed by atoms with van der Waals surface area (Å²) in [4.78, 5) is 51.7. The van der Waals surface area contributed by atoms with Crippen molar-refractivity contribution < 1.29 is 47.7 Å². The Hall–Kier alpha value is -1.92. The summed E-state index contributed by atoms with van der Waals surface area (Å²) in [6.45, 7) is 10.3. The number of carbonyl (C=O) groups excluding carboxylic acids is 4. The van der Waals surface area contributed by atoms with Gasteiger partial charge in [0.2, 0.25) is 0 Å². The molecule has 1 fully saturated rings. The number of amides is 2. The van der Waals surface area contributed by atoms with E-state index in [-0.39, 0.29) is 31.8 Å². The van der Waals surface area contributed by atoms with Gasteiger partial charge in [0, 0.05) is 25.2 Å². The van der Waals surface area contributed by atoms with E-state index >= 15 is 0 Å². The standard InChI is InChI=1S/C28H49NO10/c1-4-5-6-7-24(22-23(2)3)25(30)10-12-34-14-16-36-18-20-38-21-19-37-17-15-35-13-11-28(33)39-29-26(31)8-9-27(29)32/h23-24H,4-22H2,1-3H3. The van der Waals surface area contributed by atoms with Gasteiger partial charge in [-0.3, -0.25) is 14.4 Å². The molecule has 1 aliphatic heterocycles. The van der Waals surface area contributed by atoms with Gasteiger partial charge in [-0.25, -0.2) is 4.79 Å². The van der Waals surface area contributed by atoms with Gasteiger partial charge in [-0.05, 0) is 18.8 Å². The van der Waals surface area contributed by atoms with Gasteiger partial charge in [0.15, 0.2) is 0 Å². The Morgan fingerprint density at radius 2 is 1.18 bits per heavy atom. The number of carbonyl (C=O) groups is 4. The van der Waals surface area contributed by atoms with Gasteiger partial charge in [0.1, 0.15) is 5.78 Å². The summed E-state index contributed by atoms with van der Waals surface area (Å²) >= 11 is 0. The molecule has 1 heterocycles. The molecular formula is C28H49NO10. The fraction of sp³-hybridized carbons (Fsp3) is 0.857. The lowest BCUT2D eigenvalue weighted by Gasteiger charge is -2.18. The maximum absolute atomic E-state index is 12.5. The third kappa shape index (κ3) is 18.1. The average Bonchev–Trinajstić information content (AvgIpc) is 3.21. The van der Waals surface area contributed by atoms with Crippen LogP contribution in [0.4, 0.5) is 0 Å². The third-order valence-electron chi connectivity index (χ3n) is 6.00. The van der Waals surface area contributed by atoms with Gasteiger partial charge in [0.05, 0.1) is 72.5 Å². The van der Waals surface area contributed by atoms with E-state index in [1.165, 1.54) is 12.8 Å². The Labute approximate surface area is 233 Å². The van der Waals surface area contributed by atoms with Crippen molar-refractivity contribution in [1.29, 1.82) is 0 Å². The van der Waals surface area contributed by atoms with E-state index in [1.807, 2.05) is 0 Å². The second-order valence-electron chi connectivity index (χ2n) is 9.90. The molecule has 0 aliphatic carbocycles. The highest BCUT2D eigenvalue weighted by Crippen LogP contribution is 2.21. The van der Waals surface area contributed by atoms with Crippen LogP contribution < -0.4 is 0 Å². The molecule has 11 heteroatoms. The van der Waals surface area contributed by atoms with Crippen LogP contribution in [0.15, 0.2) is 0 Å². The Bertz CT molecular complexity index is 684. The van der Waals surface area contributed by atoms with E-state index in [0.29, 0.717) is 82.6 Å². The molecule has 0 spiro atoms. The van der Waals surface area contributed by atoms with E-state index in [1.54, 1.807) is 0 Å². The van der Waals surface area contributed by atoms with Crippen LogP contribution in [0.25, 0.3) is 0 Å². The number of imide groups is 1. The third-order valence-corrected chi connectivity index (χ3v) is 6.00. The fourth-order valence-corrected chi connectivity index (χ4v) is 3.94. The van der Waals surface area contributed by atoms with Crippen LogP contribution in [0, 0.1) is 11.8 Å². The van der Waals surface area contributed by atoms with Crippen molar-refractivity contribution in [2.24, 2.45) is 11.8 Å². The number of ketones is 1. The number of ether oxygens (including phenoxy) is 5. The zero-order chi connectivity index (χ0) is 28.7. The number of rotatable bonds is 26. The molecule has 0 aromatic heterocycles. The zero-order valence-corrected chi connectivity index (χ0v) is 24.1. The minimum Gasteiger partial charge on any atom is -0.379 e. The molecule has 1 atom stereocenters. The van der Waals surface area contributed by atoms with Crippen LogP contribution in [0.2, 0.25) is 0 Å². The van der Waals surface area contributed by atoms with Crippen molar-refractivity contribution in [2.75, 3.05) is 66.1 Å². The molecule has 1 saturated heterocycles. The smallest absolute Gasteiger partial charge is 0.335 e. The monoisotopic (exact) mass is 559 g/mol. The van der Waals surface area contributed by atoms with Crippen LogP contribution in [0.1, 0.15) is 78.6 Å². The molecule has 1 unspecified atom stereocenters. The van der Waals surface area contributed by atoms with Crippen molar-refractivity contribution in [3.05, 3.63) is 0 Å². The summed E-state index contributed by atoms with van der Waals surface area (Å²) in [5.74, 6) is -0.708. The van der Waals surface area contributed by atoms with E-state index in [0.717, 1.165) is 19.3 Å². The van der Waals surface area contributed by atoms with E-state index in [2.05, 4.69) is 20.8 Å². The molecule has 1 rings (SSSR count). The molecule has 226 valence electrons. The Morgan fingerprint density at radius 3 is 1.64 bits per heavy atom. The number of nitrogens with zero attached hydrogens (tertiary/aromatic N) is 1. The molecular weight excluding hydrogens is 510 g/mol. The van der Waals surface area contributed by atoms with Crippen LogP contribution in [-0.4, -0.2) is 94.7 Å². The van der Waals surface area contributed by atoms with Gasteiger partial charge in [-0.1, -0.05) is 40.0 Å². The molecule has 0 aromatic carbocycles. The predicted molar refractivity (Wildman–Crippen MR) is 143 cm³/mol. The zero-order valence-electron chi connectivity index (χ0n) is 24.1. The summed E-state index contributed by atoms with van der Waals surface area (Å²) in [7, 11) is 0. The molecule has 11 nitrogen and oxygen atoms in total. The van der Waals surface area contributed by atoms with Crippen LogP contribution >= 0.6 is 0 Å². The largest absolute Gasteiger partial charge is 0.379 e. The first-order chi connectivity index (χ1) is 18.8. The van der Waals surface area contributed by atoms with Gasteiger partial charge >= 0.3 is 5.97 Å². The molecule has 39 heavy (non-hydrogen) atoms. The molecule has 0 saturated carbocycles. The Morgan fingerprint density at radius 1 is 0.718 bits per heavy atom. The van der Waals surface area contributed by atoms with Gasteiger partial charge in [-0.15, -0.1) is 5.06 Å². The first kappa shape index (κ1) is 35.1. The first-order valence-corrected chi connectivity index (χ1v) is 14.3. The summed E-state index contributed by atoms with van der Waals surface area (Å²) in [6.07, 6.45) is 5.93. The number of Topliss-reactive ketones (excluding diaryl/α,β-unsaturated/α-hetero) is 1. The highest BCUT2D eigenvalue weighted by atomic mass is 16.7. The molecule has 0 bridgehead atoms. The minimum absolute atomic E-state index is 0.0638. The van der Waals surface area contributed by atoms with E-state index in [9.17, 15) is 19.2 Å². The van der Waals surface area contributed by atoms with Crippen molar-refractivity contribution in [3.8, 4) is 0 Å². The van der Waals surface area contributed by atoms with E-state index < -0.39 is 17.8 Å². The van der Waals surface area contributed by atoms with E-state index in [4.69, 9.17) is 28.5 Å². The Balaban J connectivity index is 1.85. The lowest BCUT2D eigenvalue weighted by Crippen LogP contribution is -2.32. The normalized spacial score (nSPS) is 14.4. The summed E-state index contributed by atoms with van der Waals surface area (Å²) in [5.41, 5.74) is 0. The predicted octanol–water partition coefficient (Wildman–Crippen LogP) is 3.27. The topological polar surface area (TPSA) is 127 Å². The van der Waals surface area contributed by atoms with Crippen molar-refractivity contribution in [2.45, 2.75) is 78.6 Å². The maximum Gasteiger partial charge on any atom is 0.335 e. The second-order valence-corrected chi connectivity index (χ2v) is 9.90. The SMILES string of the molecule is CCCCCC(CC(C)C)C(=O)CCOCCOCCOCCOCCOCCC(=O)ON1C(=O)CCC1=O. The molecule has 0 aromatic rings. The molecule has 1 aliphatic rings. The van der Waals surface area contributed by atoms with Gasteiger partial charge < -0.3 is 28.5 Å². The number of hydroxylamine groups is 2. The summed E-state index contributed by atoms with van der Waals surface area (Å²) in [5, 5.41) is 0.522. The number of hydrogen-bond acceptors (Lipinski definition) is 10. The van der Waals surface area contributed by atoms with Crippen LogP contribution in [0.5, 0.6) is 0 Å². The second kappa shape index (κ2) is 22.9. The highest BCUT2D eigenvalue weighted by Gasteiger charge is 2.32. The lowest BCUT2D eigenvalue weighted by atomic mass is 9.87. The minimum atomic E-state index is -0.694. The van der Waals surface area contributed by atoms with Crippen molar-refractivity contribution in [1.82, 2.24) is 5.06 Å². The maximum atomic E-state index is 12.5. The molecule has 2 amide bonds. The highest BCUT2D eigenvalue weighted by molar-refractivity contribution is 6.01. The van der Waals surface area contributed by atoms with Gasteiger partial charge in [-0.2, -0.15) is 0 Å². The number of hydrogen-bond donors (Lipinski definition) is 0. The number of unbranched alkanes of at least 4 members (excludes halogenated alkanes) is 2. The fourth-order valence-electron chi connectivity index (χ4n) is 3.94. The van der Waals surface area contributed by atoms with Gasteiger partial charge in [0.25, 0.3) is 11.8 Å². The Kier molecular flexibility index (Phi) is 20.6. The lowest BCUT2D eigenvalue weighted by molar-refractivity contribution is -0.198. The molecule has 0 radical (unpaired) electrons. The van der Waals surface area contributed by atoms with Crippen molar-refractivity contribution in [3.63, 3.8) is 0 Å². The van der Waals surface area contributed by atoms with Crippen LogP contribution in [0.3, 0.4) is 0 Å². The summed E-state index contributed by atoms with van der Waals surface area (Å²) < 4.78 is 27.1. The quantitative estimate of drug-likeness (QED) is 0.115. The first-order valence-electron chi connectivity index (χ1n) is 14.3.